The van der Waals surface area contributed by atoms with Gasteiger partial charge in [0.05, 0.1) is 6.54 Å². The standard InChI is InChI=1S/C8H11N3O3/c1-9-7(12)3-5-11-6(8(13)14)2-4-10-11/h2,4H,3,5H2,1H3,(H,9,12)(H,13,14). The molecule has 1 heterocycles. The van der Waals surface area contributed by atoms with Gasteiger partial charge in [0.15, 0.2) is 0 Å². The van der Waals surface area contributed by atoms with Crippen LogP contribution < -0.4 is 5.32 Å². The molecule has 0 spiro atoms. The minimum Gasteiger partial charge on any atom is -0.477 e. The largest absolute Gasteiger partial charge is 0.477 e. The molecule has 0 saturated heterocycles. The second kappa shape index (κ2) is 4.40. The molecule has 0 atom stereocenters. The summed E-state index contributed by atoms with van der Waals surface area (Å²) in [7, 11) is 1.53. The van der Waals surface area contributed by atoms with Gasteiger partial charge < -0.3 is 10.4 Å². The Kier molecular flexibility index (Phi) is 3.22. The highest BCUT2D eigenvalue weighted by atomic mass is 16.4. The molecule has 6 heteroatoms. The van der Waals surface area contributed by atoms with Crippen molar-refractivity contribution < 1.29 is 14.7 Å². The van der Waals surface area contributed by atoms with Gasteiger partial charge in [0.25, 0.3) is 0 Å². The molecule has 0 unspecified atom stereocenters. The van der Waals surface area contributed by atoms with Gasteiger partial charge in [0.1, 0.15) is 5.69 Å². The van der Waals surface area contributed by atoms with Crippen molar-refractivity contribution in [2.75, 3.05) is 7.05 Å². The van der Waals surface area contributed by atoms with Crippen LogP contribution in [0.4, 0.5) is 0 Å². The van der Waals surface area contributed by atoms with Crippen molar-refractivity contribution in [1.82, 2.24) is 15.1 Å². The number of rotatable bonds is 4. The third kappa shape index (κ3) is 2.32. The third-order valence-corrected chi connectivity index (χ3v) is 1.77. The molecule has 6 nitrogen and oxygen atoms in total. The molecule has 0 bridgehead atoms. The van der Waals surface area contributed by atoms with E-state index < -0.39 is 5.97 Å². The maximum Gasteiger partial charge on any atom is 0.354 e. The normalized spacial score (nSPS) is 9.79. The number of carboxylic acids is 1. The fraction of sp³-hybridized carbons (Fsp3) is 0.375. The van der Waals surface area contributed by atoms with Gasteiger partial charge in [0.2, 0.25) is 5.91 Å². The number of aryl methyl sites for hydroxylation is 1. The minimum atomic E-state index is -1.04. The number of hydrogen-bond donors (Lipinski definition) is 2. The number of carboxylic acid groups (broad SMARTS) is 1. The highest BCUT2D eigenvalue weighted by Crippen LogP contribution is 1.99. The topological polar surface area (TPSA) is 84.2 Å². The summed E-state index contributed by atoms with van der Waals surface area (Å²) < 4.78 is 1.29. The summed E-state index contributed by atoms with van der Waals surface area (Å²) in [6.45, 7) is 0.272. The van der Waals surface area contributed by atoms with E-state index in [1.165, 1.54) is 24.0 Å². The lowest BCUT2D eigenvalue weighted by molar-refractivity contribution is -0.120. The monoisotopic (exact) mass is 197 g/mol. The Labute approximate surface area is 80.5 Å². The molecule has 1 amide bonds. The zero-order valence-corrected chi connectivity index (χ0v) is 7.73. The van der Waals surface area contributed by atoms with Gasteiger partial charge in [-0.15, -0.1) is 0 Å². The van der Waals surface area contributed by atoms with Crippen molar-refractivity contribution in [3.63, 3.8) is 0 Å². The number of amides is 1. The summed E-state index contributed by atoms with van der Waals surface area (Å²) in [4.78, 5) is 21.5. The fourth-order valence-corrected chi connectivity index (χ4v) is 1.02. The van der Waals surface area contributed by atoms with Gasteiger partial charge in [0, 0.05) is 19.7 Å². The van der Waals surface area contributed by atoms with Crippen LogP contribution in [0.1, 0.15) is 16.9 Å². The van der Waals surface area contributed by atoms with Gasteiger partial charge in [-0.05, 0) is 6.07 Å². The van der Waals surface area contributed by atoms with Gasteiger partial charge in [-0.25, -0.2) is 4.79 Å². The van der Waals surface area contributed by atoms with Crippen LogP contribution in [-0.2, 0) is 11.3 Å². The number of nitrogens with zero attached hydrogens (tertiary/aromatic N) is 2. The molecule has 76 valence electrons. The molecular weight excluding hydrogens is 186 g/mol. The Hall–Kier alpha value is -1.85. The number of carbonyl (C=O) groups is 2. The Bertz CT molecular complexity index is 345. The second-order valence-corrected chi connectivity index (χ2v) is 2.67. The summed E-state index contributed by atoms with van der Waals surface area (Å²) in [6.07, 6.45) is 1.62. The van der Waals surface area contributed by atoms with E-state index in [0.717, 1.165) is 0 Å². The highest BCUT2D eigenvalue weighted by Gasteiger charge is 2.10. The number of aromatic nitrogens is 2. The van der Waals surface area contributed by atoms with Gasteiger partial charge >= 0.3 is 5.97 Å². The average molecular weight is 197 g/mol. The number of nitrogens with one attached hydrogen (secondary N) is 1. The Morgan fingerprint density at radius 2 is 2.36 bits per heavy atom. The molecule has 0 aliphatic carbocycles. The predicted octanol–water partition coefficient (Wildman–Crippen LogP) is -0.283. The van der Waals surface area contributed by atoms with E-state index >= 15 is 0 Å². The lowest BCUT2D eigenvalue weighted by Crippen LogP contribution is -2.21. The van der Waals surface area contributed by atoms with Gasteiger partial charge in [-0.2, -0.15) is 5.10 Å². The van der Waals surface area contributed by atoms with Crippen molar-refractivity contribution in [2.45, 2.75) is 13.0 Å². The van der Waals surface area contributed by atoms with E-state index in [4.69, 9.17) is 5.11 Å². The summed E-state index contributed by atoms with van der Waals surface area (Å²) in [5.41, 5.74) is 0.0916. The van der Waals surface area contributed by atoms with Crippen LogP contribution in [0.15, 0.2) is 12.3 Å². The van der Waals surface area contributed by atoms with E-state index in [-0.39, 0.29) is 24.6 Å². The molecule has 0 aliphatic rings. The number of hydrogen-bond acceptors (Lipinski definition) is 3. The van der Waals surface area contributed by atoms with Gasteiger partial charge in [-0.3, -0.25) is 9.48 Å². The SMILES string of the molecule is CNC(=O)CCn1nccc1C(=O)O. The van der Waals surface area contributed by atoms with E-state index in [0.29, 0.717) is 0 Å². The van der Waals surface area contributed by atoms with Crippen molar-refractivity contribution in [2.24, 2.45) is 0 Å². The zero-order valence-electron chi connectivity index (χ0n) is 7.73. The molecule has 1 rings (SSSR count). The first-order valence-corrected chi connectivity index (χ1v) is 4.11. The average Bonchev–Trinajstić information content (AvgIpc) is 2.62. The van der Waals surface area contributed by atoms with Crippen LogP contribution in [0.5, 0.6) is 0 Å². The molecule has 1 aromatic rings. The van der Waals surface area contributed by atoms with Crippen LogP contribution in [0.2, 0.25) is 0 Å². The zero-order chi connectivity index (χ0) is 10.6. The van der Waals surface area contributed by atoms with Gasteiger partial charge in [-0.1, -0.05) is 0 Å². The lowest BCUT2D eigenvalue weighted by Gasteiger charge is -2.03. The Morgan fingerprint density at radius 1 is 1.64 bits per heavy atom. The summed E-state index contributed by atoms with van der Waals surface area (Å²) >= 11 is 0. The molecule has 0 aliphatic heterocycles. The molecule has 1 aromatic heterocycles. The van der Waals surface area contributed by atoms with Crippen molar-refractivity contribution in [3.05, 3.63) is 18.0 Å². The second-order valence-electron chi connectivity index (χ2n) is 2.67. The van der Waals surface area contributed by atoms with E-state index in [2.05, 4.69) is 10.4 Å². The third-order valence-electron chi connectivity index (χ3n) is 1.77. The molecule has 0 saturated carbocycles. The first kappa shape index (κ1) is 10.2. The van der Waals surface area contributed by atoms with Crippen LogP contribution in [-0.4, -0.2) is 33.8 Å². The summed E-state index contributed by atoms with van der Waals surface area (Å²) in [5.74, 6) is -1.18. The van der Waals surface area contributed by atoms with Crippen molar-refractivity contribution in [3.8, 4) is 0 Å². The van der Waals surface area contributed by atoms with E-state index in [9.17, 15) is 9.59 Å². The maximum atomic E-state index is 10.9. The molecule has 14 heavy (non-hydrogen) atoms. The molecule has 0 radical (unpaired) electrons. The number of aromatic carboxylic acids is 1. The smallest absolute Gasteiger partial charge is 0.354 e. The minimum absolute atomic E-state index is 0.0916. The van der Waals surface area contributed by atoms with Crippen molar-refractivity contribution >= 4 is 11.9 Å². The highest BCUT2D eigenvalue weighted by molar-refractivity contribution is 5.85. The summed E-state index contributed by atoms with van der Waals surface area (Å²) in [6, 6.07) is 1.40. The fourth-order valence-electron chi connectivity index (χ4n) is 1.02. The Morgan fingerprint density at radius 3 is 2.93 bits per heavy atom. The molecule has 0 aromatic carbocycles. The molecular formula is C8H11N3O3. The van der Waals surface area contributed by atoms with E-state index in [1.54, 1.807) is 0 Å². The van der Waals surface area contributed by atoms with Crippen LogP contribution in [0.3, 0.4) is 0 Å². The van der Waals surface area contributed by atoms with Crippen molar-refractivity contribution in [1.29, 1.82) is 0 Å². The van der Waals surface area contributed by atoms with Crippen LogP contribution >= 0.6 is 0 Å². The molecule has 0 fully saturated rings. The number of carbonyl (C=O) groups excluding carboxylic acids is 1. The maximum absolute atomic E-state index is 10.9. The Balaban J connectivity index is 2.63. The lowest BCUT2D eigenvalue weighted by atomic mass is 10.4. The molecule has 2 N–H and O–H groups in total. The van der Waals surface area contributed by atoms with E-state index in [1.807, 2.05) is 0 Å². The van der Waals surface area contributed by atoms with Crippen LogP contribution in [0, 0.1) is 0 Å². The predicted molar refractivity (Wildman–Crippen MR) is 47.9 cm³/mol. The summed E-state index contributed by atoms with van der Waals surface area (Å²) in [5, 5.41) is 15.0. The first-order chi connectivity index (χ1) is 6.65. The van der Waals surface area contributed by atoms with Crippen LogP contribution in [0.25, 0.3) is 0 Å². The first-order valence-electron chi connectivity index (χ1n) is 4.11. The quantitative estimate of drug-likeness (QED) is 0.695.